The van der Waals surface area contributed by atoms with Crippen LogP contribution in [0.2, 0.25) is 0 Å². The number of aromatic nitrogens is 2. The Balaban J connectivity index is 2.82. The van der Waals surface area contributed by atoms with Crippen LogP contribution in [0.5, 0.6) is 5.88 Å². The van der Waals surface area contributed by atoms with E-state index in [9.17, 15) is 10.1 Å². The molecule has 0 radical (unpaired) electrons. The average molecular weight is 214 g/mol. The smallest absolute Gasteiger partial charge is 0.349 e. The lowest BCUT2D eigenvalue weighted by Gasteiger charge is -2.04. The Bertz CT molecular complexity index is 357. The van der Waals surface area contributed by atoms with Crippen LogP contribution >= 0.6 is 0 Å². The third kappa shape index (κ3) is 3.02. The van der Waals surface area contributed by atoms with Gasteiger partial charge in [-0.2, -0.15) is 4.98 Å². The molecular weight excluding hydrogens is 204 g/mol. The first-order chi connectivity index (χ1) is 7.15. The van der Waals surface area contributed by atoms with Crippen LogP contribution in [-0.4, -0.2) is 33.2 Å². The molecule has 0 fully saturated rings. The highest BCUT2D eigenvalue weighted by molar-refractivity contribution is 5.41. The van der Waals surface area contributed by atoms with Gasteiger partial charge < -0.3 is 15.6 Å². The van der Waals surface area contributed by atoms with Gasteiger partial charge in [0, 0.05) is 13.0 Å². The van der Waals surface area contributed by atoms with Crippen molar-refractivity contribution >= 4 is 11.6 Å². The molecule has 8 nitrogen and oxygen atoms in total. The molecule has 1 aromatic rings. The fourth-order valence-corrected chi connectivity index (χ4v) is 0.838. The van der Waals surface area contributed by atoms with E-state index in [0.717, 1.165) is 6.20 Å². The third-order valence-electron chi connectivity index (χ3n) is 1.49. The molecule has 0 unspecified atom stereocenters. The third-order valence-corrected chi connectivity index (χ3v) is 1.49. The summed E-state index contributed by atoms with van der Waals surface area (Å²) in [5, 5.41) is 19.0. The monoisotopic (exact) mass is 214 g/mol. The molecule has 0 aliphatic rings. The lowest BCUT2D eigenvalue weighted by Crippen LogP contribution is -2.06. The number of hydrogen-bond donors (Lipinski definition) is 2. The minimum Gasteiger partial charge on any atom is -0.473 e. The van der Waals surface area contributed by atoms with Crippen LogP contribution in [0.15, 0.2) is 6.20 Å². The first kappa shape index (κ1) is 11.1. The SMILES string of the molecule is Nc1ncc([N+](=O)[O-])c(OCCCO)n1. The van der Waals surface area contributed by atoms with E-state index < -0.39 is 4.92 Å². The van der Waals surface area contributed by atoms with Gasteiger partial charge in [0.1, 0.15) is 6.20 Å². The number of aliphatic hydroxyl groups is 1. The summed E-state index contributed by atoms with van der Waals surface area (Å²) in [6, 6.07) is 0. The number of ether oxygens (including phenoxy) is 1. The Labute approximate surface area is 84.9 Å². The van der Waals surface area contributed by atoms with Gasteiger partial charge in [-0.1, -0.05) is 0 Å². The van der Waals surface area contributed by atoms with Crippen molar-refractivity contribution in [3.63, 3.8) is 0 Å². The zero-order valence-electron chi connectivity index (χ0n) is 7.79. The van der Waals surface area contributed by atoms with Crippen LogP contribution in [0.4, 0.5) is 11.6 Å². The van der Waals surface area contributed by atoms with Crippen molar-refractivity contribution in [2.24, 2.45) is 0 Å². The van der Waals surface area contributed by atoms with E-state index in [2.05, 4.69) is 9.97 Å². The fraction of sp³-hybridized carbons (Fsp3) is 0.429. The van der Waals surface area contributed by atoms with E-state index >= 15 is 0 Å². The summed E-state index contributed by atoms with van der Waals surface area (Å²) in [4.78, 5) is 16.9. The van der Waals surface area contributed by atoms with Crippen molar-refractivity contribution in [1.29, 1.82) is 0 Å². The zero-order valence-corrected chi connectivity index (χ0v) is 7.79. The van der Waals surface area contributed by atoms with Crippen LogP contribution in [0.1, 0.15) is 6.42 Å². The minimum absolute atomic E-state index is 0.0611. The number of hydrogen-bond acceptors (Lipinski definition) is 7. The van der Waals surface area contributed by atoms with Crippen molar-refractivity contribution in [1.82, 2.24) is 9.97 Å². The maximum absolute atomic E-state index is 10.5. The summed E-state index contributed by atoms with van der Waals surface area (Å²) in [6.07, 6.45) is 1.34. The van der Waals surface area contributed by atoms with Gasteiger partial charge in [0.05, 0.1) is 11.5 Å². The number of nitro groups is 1. The normalized spacial score (nSPS) is 9.93. The maximum Gasteiger partial charge on any atom is 0.349 e. The summed E-state index contributed by atoms with van der Waals surface area (Å²) in [7, 11) is 0. The van der Waals surface area contributed by atoms with E-state index in [1.165, 1.54) is 0 Å². The molecule has 0 saturated carbocycles. The van der Waals surface area contributed by atoms with Gasteiger partial charge in [-0.25, -0.2) is 4.98 Å². The quantitative estimate of drug-likeness (QED) is 0.392. The van der Waals surface area contributed by atoms with Crippen LogP contribution < -0.4 is 10.5 Å². The van der Waals surface area contributed by atoms with Gasteiger partial charge in [0.15, 0.2) is 0 Å². The summed E-state index contributed by atoms with van der Waals surface area (Å²) in [6.45, 7) is 0.0716. The van der Waals surface area contributed by atoms with Gasteiger partial charge in [0.2, 0.25) is 5.95 Å². The van der Waals surface area contributed by atoms with Crippen LogP contribution in [-0.2, 0) is 0 Å². The lowest BCUT2D eigenvalue weighted by molar-refractivity contribution is -0.386. The molecule has 0 aliphatic heterocycles. The average Bonchev–Trinajstić information content (AvgIpc) is 2.18. The van der Waals surface area contributed by atoms with E-state index in [0.29, 0.717) is 6.42 Å². The lowest BCUT2D eigenvalue weighted by atomic mass is 10.5. The molecule has 0 spiro atoms. The van der Waals surface area contributed by atoms with Gasteiger partial charge >= 0.3 is 5.69 Å². The molecular formula is C7H10N4O4. The topological polar surface area (TPSA) is 124 Å². The Morgan fingerprint density at radius 1 is 1.67 bits per heavy atom. The Morgan fingerprint density at radius 3 is 3.00 bits per heavy atom. The highest BCUT2D eigenvalue weighted by atomic mass is 16.6. The van der Waals surface area contributed by atoms with Crippen LogP contribution in [0.3, 0.4) is 0 Å². The van der Waals surface area contributed by atoms with Gasteiger partial charge in [0.25, 0.3) is 5.88 Å². The van der Waals surface area contributed by atoms with Crippen molar-refractivity contribution in [2.45, 2.75) is 6.42 Å². The second kappa shape index (κ2) is 5.05. The number of nitrogens with zero attached hydrogens (tertiary/aromatic N) is 3. The molecule has 1 heterocycles. The van der Waals surface area contributed by atoms with Crippen LogP contribution in [0.25, 0.3) is 0 Å². The molecule has 15 heavy (non-hydrogen) atoms. The predicted octanol–water partition coefficient (Wildman–Crippen LogP) is -0.272. The first-order valence-corrected chi connectivity index (χ1v) is 4.15. The number of anilines is 1. The molecule has 1 rings (SSSR count). The highest BCUT2D eigenvalue weighted by Crippen LogP contribution is 2.23. The molecule has 3 N–H and O–H groups in total. The van der Waals surface area contributed by atoms with E-state index in [-0.39, 0.29) is 30.7 Å². The zero-order chi connectivity index (χ0) is 11.3. The van der Waals surface area contributed by atoms with Crippen molar-refractivity contribution in [3.05, 3.63) is 16.3 Å². The van der Waals surface area contributed by atoms with Gasteiger partial charge in [-0.3, -0.25) is 10.1 Å². The van der Waals surface area contributed by atoms with Gasteiger partial charge in [-0.05, 0) is 0 Å². The number of rotatable bonds is 5. The fourth-order valence-electron chi connectivity index (χ4n) is 0.838. The first-order valence-electron chi connectivity index (χ1n) is 4.15. The summed E-state index contributed by atoms with van der Waals surface area (Å²) >= 11 is 0. The van der Waals surface area contributed by atoms with E-state index in [4.69, 9.17) is 15.6 Å². The summed E-state index contributed by atoms with van der Waals surface area (Å²) in [5.74, 6) is -0.277. The standard InChI is InChI=1S/C7H10N4O4/c8-7-9-4-5(11(13)14)6(10-7)15-3-1-2-12/h4,12H,1-3H2,(H2,8,9,10). The number of nitrogen functional groups attached to an aromatic ring is 1. The van der Waals surface area contributed by atoms with Crippen molar-refractivity contribution in [3.8, 4) is 5.88 Å². The molecule has 0 amide bonds. The Hall–Kier alpha value is -1.96. The highest BCUT2D eigenvalue weighted by Gasteiger charge is 2.17. The maximum atomic E-state index is 10.5. The molecule has 0 aromatic carbocycles. The Kier molecular flexibility index (Phi) is 3.75. The van der Waals surface area contributed by atoms with Gasteiger partial charge in [-0.15, -0.1) is 0 Å². The molecule has 0 saturated heterocycles. The molecule has 0 bridgehead atoms. The summed E-state index contributed by atoms with van der Waals surface area (Å²) < 4.78 is 4.99. The number of aliphatic hydroxyl groups excluding tert-OH is 1. The van der Waals surface area contributed by atoms with Crippen molar-refractivity contribution < 1.29 is 14.8 Å². The second-order valence-electron chi connectivity index (χ2n) is 2.60. The van der Waals surface area contributed by atoms with E-state index in [1.54, 1.807) is 0 Å². The second-order valence-corrected chi connectivity index (χ2v) is 2.60. The molecule has 1 aromatic heterocycles. The van der Waals surface area contributed by atoms with Crippen molar-refractivity contribution in [2.75, 3.05) is 18.9 Å². The molecule has 82 valence electrons. The van der Waals surface area contributed by atoms with Crippen LogP contribution in [0, 0.1) is 10.1 Å². The summed E-state index contributed by atoms with van der Waals surface area (Å²) in [5.41, 5.74) is 4.91. The van der Waals surface area contributed by atoms with E-state index in [1.807, 2.05) is 0 Å². The molecule has 0 atom stereocenters. The molecule has 8 heteroatoms. The Morgan fingerprint density at radius 2 is 2.40 bits per heavy atom. The number of nitrogens with two attached hydrogens (primary N) is 1. The largest absolute Gasteiger partial charge is 0.473 e. The minimum atomic E-state index is -0.659. The predicted molar refractivity (Wildman–Crippen MR) is 50.3 cm³/mol. The molecule has 0 aliphatic carbocycles.